The molecule has 0 amide bonds. The number of halogens is 1. The first kappa shape index (κ1) is 12.9. The topological polar surface area (TPSA) is 49.5 Å². The van der Waals surface area contributed by atoms with Crippen molar-refractivity contribution in [2.75, 3.05) is 18.0 Å². The van der Waals surface area contributed by atoms with Crippen LogP contribution in [0.3, 0.4) is 0 Å². The summed E-state index contributed by atoms with van der Waals surface area (Å²) in [4.78, 5) is 2.31. The molecule has 1 aromatic carbocycles. The van der Waals surface area contributed by atoms with E-state index >= 15 is 0 Å². The summed E-state index contributed by atoms with van der Waals surface area (Å²) < 4.78 is 1.06. The highest BCUT2D eigenvalue weighted by molar-refractivity contribution is 9.10. The first-order valence-electron chi connectivity index (χ1n) is 5.98. The van der Waals surface area contributed by atoms with Gasteiger partial charge in [-0.2, -0.15) is 0 Å². The average Bonchev–Trinajstić information content (AvgIpc) is 2.29. The Hall–Kier alpha value is -0.580. The van der Waals surface area contributed by atoms with Crippen molar-refractivity contribution in [3.8, 4) is 0 Å². The quantitative estimate of drug-likeness (QED) is 0.880. The highest BCUT2D eigenvalue weighted by atomic mass is 79.9. The van der Waals surface area contributed by atoms with Crippen LogP contribution in [0, 0.1) is 0 Å². The summed E-state index contributed by atoms with van der Waals surface area (Å²) in [6.45, 7) is 4.27. The SMILES string of the molecule is CC1(O)CCN(c2ccc(CN)c(Br)c2)CC1. The summed E-state index contributed by atoms with van der Waals surface area (Å²) in [7, 11) is 0. The number of aliphatic hydroxyl groups is 1. The van der Waals surface area contributed by atoms with Crippen LogP contribution in [0.1, 0.15) is 25.3 Å². The molecular formula is C13H19BrN2O. The van der Waals surface area contributed by atoms with Gasteiger partial charge in [-0.3, -0.25) is 0 Å². The molecule has 3 N–H and O–H groups in total. The van der Waals surface area contributed by atoms with Crippen molar-refractivity contribution in [2.45, 2.75) is 31.9 Å². The Morgan fingerprint density at radius 2 is 2.06 bits per heavy atom. The van der Waals surface area contributed by atoms with Gasteiger partial charge in [0.15, 0.2) is 0 Å². The monoisotopic (exact) mass is 298 g/mol. The van der Waals surface area contributed by atoms with Crippen molar-refractivity contribution in [1.29, 1.82) is 0 Å². The number of benzene rings is 1. The van der Waals surface area contributed by atoms with Gasteiger partial charge in [-0.1, -0.05) is 22.0 Å². The molecule has 1 aromatic rings. The molecule has 1 heterocycles. The van der Waals surface area contributed by atoms with E-state index in [-0.39, 0.29) is 0 Å². The molecule has 17 heavy (non-hydrogen) atoms. The molecule has 4 heteroatoms. The molecule has 1 fully saturated rings. The Labute approximate surface area is 111 Å². The van der Waals surface area contributed by atoms with Gasteiger partial charge in [-0.05, 0) is 37.5 Å². The van der Waals surface area contributed by atoms with Crippen LogP contribution in [0.4, 0.5) is 5.69 Å². The van der Waals surface area contributed by atoms with E-state index in [1.807, 2.05) is 6.92 Å². The number of nitrogens with zero attached hydrogens (tertiary/aromatic N) is 1. The average molecular weight is 299 g/mol. The Morgan fingerprint density at radius 3 is 2.59 bits per heavy atom. The predicted molar refractivity (Wildman–Crippen MR) is 74.1 cm³/mol. The standard InChI is InChI=1S/C13H19BrN2O/c1-13(17)4-6-16(7-5-13)11-3-2-10(9-15)12(14)8-11/h2-3,8,17H,4-7,9,15H2,1H3. The van der Waals surface area contributed by atoms with Crippen LogP contribution < -0.4 is 10.6 Å². The van der Waals surface area contributed by atoms with E-state index in [4.69, 9.17) is 5.73 Å². The minimum Gasteiger partial charge on any atom is -0.390 e. The first-order valence-corrected chi connectivity index (χ1v) is 6.77. The molecule has 0 aliphatic carbocycles. The van der Waals surface area contributed by atoms with E-state index in [0.29, 0.717) is 6.54 Å². The smallest absolute Gasteiger partial charge is 0.0653 e. The highest BCUT2D eigenvalue weighted by Crippen LogP contribution is 2.29. The number of rotatable bonds is 2. The van der Waals surface area contributed by atoms with Gasteiger partial charge in [0, 0.05) is 29.8 Å². The van der Waals surface area contributed by atoms with Crippen molar-refractivity contribution in [2.24, 2.45) is 5.73 Å². The maximum absolute atomic E-state index is 9.92. The molecule has 0 atom stereocenters. The second-order valence-corrected chi connectivity index (χ2v) is 5.82. The van der Waals surface area contributed by atoms with Gasteiger partial charge in [0.25, 0.3) is 0 Å². The van der Waals surface area contributed by atoms with E-state index in [9.17, 15) is 5.11 Å². The van der Waals surface area contributed by atoms with E-state index in [2.05, 4.69) is 39.0 Å². The van der Waals surface area contributed by atoms with Crippen LogP contribution in [0.15, 0.2) is 22.7 Å². The zero-order chi connectivity index (χ0) is 12.5. The lowest BCUT2D eigenvalue weighted by atomic mass is 9.93. The minimum absolute atomic E-state index is 0.495. The predicted octanol–water partition coefficient (Wildman–Crippen LogP) is 2.26. The normalized spacial score (nSPS) is 19.4. The van der Waals surface area contributed by atoms with Gasteiger partial charge in [-0.25, -0.2) is 0 Å². The number of piperidine rings is 1. The summed E-state index contributed by atoms with van der Waals surface area (Å²) in [6.07, 6.45) is 1.65. The number of nitrogens with two attached hydrogens (primary N) is 1. The van der Waals surface area contributed by atoms with Crippen molar-refractivity contribution in [1.82, 2.24) is 0 Å². The lowest BCUT2D eigenvalue weighted by molar-refractivity contribution is 0.0351. The molecule has 1 aliphatic rings. The zero-order valence-corrected chi connectivity index (χ0v) is 11.7. The van der Waals surface area contributed by atoms with Gasteiger partial charge in [0.1, 0.15) is 0 Å². The summed E-state index contributed by atoms with van der Waals surface area (Å²) in [6, 6.07) is 6.28. The molecule has 0 radical (unpaired) electrons. The van der Waals surface area contributed by atoms with E-state index in [1.54, 1.807) is 0 Å². The van der Waals surface area contributed by atoms with Crippen molar-refractivity contribution < 1.29 is 5.11 Å². The summed E-state index contributed by atoms with van der Waals surface area (Å²) in [5.41, 5.74) is 7.46. The minimum atomic E-state index is -0.495. The van der Waals surface area contributed by atoms with Gasteiger partial charge in [-0.15, -0.1) is 0 Å². The molecule has 3 nitrogen and oxygen atoms in total. The summed E-state index contributed by atoms with van der Waals surface area (Å²) >= 11 is 3.54. The van der Waals surface area contributed by atoms with Crippen LogP contribution in [0.25, 0.3) is 0 Å². The van der Waals surface area contributed by atoms with Crippen molar-refractivity contribution in [3.05, 3.63) is 28.2 Å². The lowest BCUT2D eigenvalue weighted by Gasteiger charge is -2.37. The Bertz CT molecular complexity index is 396. The summed E-state index contributed by atoms with van der Waals surface area (Å²) in [5, 5.41) is 9.92. The van der Waals surface area contributed by atoms with Crippen LogP contribution in [-0.4, -0.2) is 23.8 Å². The maximum Gasteiger partial charge on any atom is 0.0653 e. The fourth-order valence-electron chi connectivity index (χ4n) is 2.15. The Kier molecular flexibility index (Phi) is 3.76. The lowest BCUT2D eigenvalue weighted by Crippen LogP contribution is -2.42. The molecule has 1 aliphatic heterocycles. The van der Waals surface area contributed by atoms with Gasteiger partial charge in [0.2, 0.25) is 0 Å². The highest BCUT2D eigenvalue weighted by Gasteiger charge is 2.27. The zero-order valence-electron chi connectivity index (χ0n) is 10.1. The molecular weight excluding hydrogens is 280 g/mol. The Morgan fingerprint density at radius 1 is 1.41 bits per heavy atom. The van der Waals surface area contributed by atoms with E-state index < -0.39 is 5.60 Å². The molecule has 1 saturated heterocycles. The second-order valence-electron chi connectivity index (χ2n) is 4.96. The molecule has 0 spiro atoms. The molecule has 0 bridgehead atoms. The largest absolute Gasteiger partial charge is 0.390 e. The van der Waals surface area contributed by atoms with Gasteiger partial charge < -0.3 is 15.7 Å². The molecule has 2 rings (SSSR count). The number of hydrogen-bond acceptors (Lipinski definition) is 3. The first-order chi connectivity index (χ1) is 8.02. The van der Waals surface area contributed by atoms with Crippen LogP contribution in [0.5, 0.6) is 0 Å². The fraction of sp³-hybridized carbons (Fsp3) is 0.538. The molecule has 0 unspecified atom stereocenters. The molecule has 94 valence electrons. The van der Waals surface area contributed by atoms with Gasteiger partial charge in [0.05, 0.1) is 5.60 Å². The second kappa shape index (κ2) is 4.96. The third-order valence-electron chi connectivity index (χ3n) is 3.46. The summed E-state index contributed by atoms with van der Waals surface area (Å²) in [5.74, 6) is 0. The fourth-order valence-corrected chi connectivity index (χ4v) is 2.67. The van der Waals surface area contributed by atoms with Gasteiger partial charge >= 0.3 is 0 Å². The third-order valence-corrected chi connectivity index (χ3v) is 4.20. The molecule has 0 saturated carbocycles. The third kappa shape index (κ3) is 3.00. The van der Waals surface area contributed by atoms with Crippen LogP contribution >= 0.6 is 15.9 Å². The maximum atomic E-state index is 9.92. The Balaban J connectivity index is 2.11. The van der Waals surface area contributed by atoms with Crippen LogP contribution in [0.2, 0.25) is 0 Å². The number of hydrogen-bond donors (Lipinski definition) is 2. The van der Waals surface area contributed by atoms with E-state index in [1.165, 1.54) is 5.69 Å². The van der Waals surface area contributed by atoms with Crippen molar-refractivity contribution >= 4 is 21.6 Å². The molecule has 0 aromatic heterocycles. The number of anilines is 1. The van der Waals surface area contributed by atoms with E-state index in [0.717, 1.165) is 36.0 Å². The van der Waals surface area contributed by atoms with Crippen LogP contribution in [-0.2, 0) is 6.54 Å². The van der Waals surface area contributed by atoms with Crippen molar-refractivity contribution in [3.63, 3.8) is 0 Å².